The van der Waals surface area contributed by atoms with Crippen LogP contribution >= 0.6 is 0 Å². The van der Waals surface area contributed by atoms with Gasteiger partial charge in [-0.25, -0.2) is 0 Å². The molecule has 1 aliphatic rings. The third-order valence-electron chi connectivity index (χ3n) is 2.00. The first kappa shape index (κ1) is 6.85. The molecule has 0 aromatic carbocycles. The number of rotatable bonds is 1. The predicted octanol–water partition coefficient (Wildman–Crippen LogP) is 1.33. The molecule has 1 nitrogen and oxygen atoms in total. The Bertz CT molecular complexity index is 122. The van der Waals surface area contributed by atoms with Gasteiger partial charge in [-0.2, -0.15) is 0 Å². The van der Waals surface area contributed by atoms with Crippen LogP contribution in [-0.4, -0.2) is 13.6 Å². The molecule has 1 rings (SSSR count). The van der Waals surface area contributed by atoms with Gasteiger partial charge in [0.2, 0.25) is 0 Å². The van der Waals surface area contributed by atoms with E-state index >= 15 is 0 Å². The highest BCUT2D eigenvalue weighted by Gasteiger charge is 2.27. The lowest BCUT2D eigenvalue weighted by molar-refractivity contribution is -0.120. The van der Waals surface area contributed by atoms with Gasteiger partial charge in [0.25, 0.3) is 0 Å². The summed E-state index contributed by atoms with van der Waals surface area (Å²) >= 11 is 0. The fourth-order valence-electron chi connectivity index (χ4n) is 1.40. The molecule has 2 heteroatoms. The Morgan fingerprint density at radius 2 is 2.44 bits per heavy atom. The normalized spacial score (nSPS) is 35.4. The zero-order valence-corrected chi connectivity index (χ0v) is 5.76. The van der Waals surface area contributed by atoms with Crippen LogP contribution in [0, 0.1) is 5.92 Å². The van der Waals surface area contributed by atoms with Crippen LogP contribution in [0.15, 0.2) is 0 Å². The second-order valence-electron chi connectivity index (χ2n) is 2.77. The minimum atomic E-state index is 0.155. The second-order valence-corrected chi connectivity index (χ2v) is 2.77. The van der Waals surface area contributed by atoms with Gasteiger partial charge in [0.15, 0.2) is 0 Å². The quantitative estimate of drug-likeness (QED) is 0.479. The van der Waals surface area contributed by atoms with E-state index in [1.54, 1.807) is 0 Å². The smallest absolute Gasteiger partial charge is 0.135 e. The van der Waals surface area contributed by atoms with E-state index in [0.717, 1.165) is 12.8 Å². The van der Waals surface area contributed by atoms with Crippen molar-refractivity contribution in [2.24, 2.45) is 5.92 Å². The van der Waals surface area contributed by atoms with Gasteiger partial charge in [0, 0.05) is 12.3 Å². The number of carbonyl (C=O) groups excluding carboxylic acids is 1. The average Bonchev–Trinajstić information content (AvgIpc) is 2.10. The second kappa shape index (κ2) is 2.55. The summed E-state index contributed by atoms with van der Waals surface area (Å²) in [6, 6.07) is 0. The van der Waals surface area contributed by atoms with Crippen LogP contribution in [0.25, 0.3) is 0 Å². The van der Waals surface area contributed by atoms with Crippen molar-refractivity contribution in [3.63, 3.8) is 0 Å². The maximum atomic E-state index is 10.9. The molecule has 1 fully saturated rings. The Balaban J connectivity index is 2.48. The SMILES string of the molecule is [B][C@H]1CC(=O)[C@@H](CC)C1. The van der Waals surface area contributed by atoms with Crippen LogP contribution in [0.2, 0.25) is 5.82 Å². The van der Waals surface area contributed by atoms with Crippen LogP contribution in [0.3, 0.4) is 0 Å². The van der Waals surface area contributed by atoms with Gasteiger partial charge in [-0.1, -0.05) is 12.7 Å². The van der Waals surface area contributed by atoms with Crippen LogP contribution in [-0.2, 0) is 4.79 Å². The zero-order chi connectivity index (χ0) is 6.85. The van der Waals surface area contributed by atoms with E-state index in [4.69, 9.17) is 7.85 Å². The van der Waals surface area contributed by atoms with Crippen LogP contribution in [0.5, 0.6) is 0 Å². The molecule has 0 N–H and O–H groups in total. The molecule has 0 aliphatic heterocycles. The third kappa shape index (κ3) is 1.35. The fraction of sp³-hybridized carbons (Fsp3) is 0.857. The molecule has 0 amide bonds. The van der Waals surface area contributed by atoms with Crippen molar-refractivity contribution in [2.75, 3.05) is 0 Å². The van der Waals surface area contributed by atoms with E-state index in [2.05, 4.69) is 0 Å². The molecule has 2 atom stereocenters. The summed E-state index contributed by atoms with van der Waals surface area (Å²) in [5.74, 6) is 0.799. The summed E-state index contributed by atoms with van der Waals surface area (Å²) in [4.78, 5) is 10.9. The van der Waals surface area contributed by atoms with Crippen LogP contribution in [0.1, 0.15) is 26.2 Å². The van der Waals surface area contributed by atoms with Crippen molar-refractivity contribution in [1.29, 1.82) is 0 Å². The Labute approximate surface area is 57.2 Å². The summed E-state index contributed by atoms with van der Waals surface area (Å²) in [6.07, 6.45) is 2.49. The molecule has 1 aliphatic carbocycles. The lowest BCUT2D eigenvalue weighted by Crippen LogP contribution is -2.03. The van der Waals surface area contributed by atoms with Crippen LogP contribution < -0.4 is 0 Å². The molecular weight excluding hydrogens is 111 g/mol. The van der Waals surface area contributed by atoms with E-state index in [9.17, 15) is 4.79 Å². The first-order chi connectivity index (χ1) is 4.24. The predicted molar refractivity (Wildman–Crippen MR) is 37.5 cm³/mol. The average molecular weight is 122 g/mol. The van der Waals surface area contributed by atoms with Crippen LogP contribution in [0.4, 0.5) is 0 Å². The molecule has 0 aromatic heterocycles. The molecular formula is C7H11BO. The molecule has 0 heterocycles. The molecule has 0 bridgehead atoms. The fourth-order valence-corrected chi connectivity index (χ4v) is 1.40. The van der Waals surface area contributed by atoms with E-state index in [1.165, 1.54) is 0 Å². The van der Waals surface area contributed by atoms with Crippen molar-refractivity contribution < 1.29 is 4.79 Å². The van der Waals surface area contributed by atoms with E-state index < -0.39 is 0 Å². The van der Waals surface area contributed by atoms with Gasteiger partial charge in [0.05, 0.1) is 7.85 Å². The maximum Gasteiger partial charge on any atom is 0.135 e. The summed E-state index contributed by atoms with van der Waals surface area (Å²) in [5.41, 5.74) is 0. The molecule has 48 valence electrons. The van der Waals surface area contributed by atoms with Gasteiger partial charge >= 0.3 is 0 Å². The van der Waals surface area contributed by atoms with E-state index in [0.29, 0.717) is 12.2 Å². The highest BCUT2D eigenvalue weighted by atomic mass is 16.1. The first-order valence-electron chi connectivity index (χ1n) is 3.52. The number of Topliss-reactive ketones (excluding diaryl/α,β-unsaturated/α-hetero) is 1. The highest BCUT2D eigenvalue weighted by molar-refractivity contribution is 6.14. The monoisotopic (exact) mass is 122 g/mol. The van der Waals surface area contributed by atoms with Crippen molar-refractivity contribution in [3.8, 4) is 0 Å². The van der Waals surface area contributed by atoms with Crippen molar-refractivity contribution in [1.82, 2.24) is 0 Å². The molecule has 1 saturated carbocycles. The van der Waals surface area contributed by atoms with Gasteiger partial charge in [-0.15, -0.1) is 0 Å². The van der Waals surface area contributed by atoms with Gasteiger partial charge in [0.1, 0.15) is 5.78 Å². The van der Waals surface area contributed by atoms with Crippen molar-refractivity contribution in [3.05, 3.63) is 0 Å². The minimum Gasteiger partial charge on any atom is -0.299 e. The number of ketones is 1. The summed E-state index contributed by atoms with van der Waals surface area (Å²) < 4.78 is 0. The standard InChI is InChI=1S/C7H11BO/c1-2-5-3-6(8)4-7(5)9/h5-6H,2-4H2,1H3/t5-,6+/m0/s1. The Morgan fingerprint density at radius 3 is 2.67 bits per heavy atom. The number of hydrogen-bond donors (Lipinski definition) is 0. The Morgan fingerprint density at radius 1 is 1.78 bits per heavy atom. The lowest BCUT2D eigenvalue weighted by Gasteiger charge is -2.00. The van der Waals surface area contributed by atoms with E-state index in [1.807, 2.05) is 6.92 Å². The zero-order valence-electron chi connectivity index (χ0n) is 5.76. The number of hydrogen-bond acceptors (Lipinski definition) is 1. The van der Waals surface area contributed by atoms with Gasteiger partial charge in [-0.05, 0) is 12.8 Å². The summed E-state index contributed by atoms with van der Waals surface area (Å²) in [7, 11) is 5.57. The largest absolute Gasteiger partial charge is 0.299 e. The lowest BCUT2D eigenvalue weighted by atomic mass is 9.85. The third-order valence-corrected chi connectivity index (χ3v) is 2.00. The summed E-state index contributed by atoms with van der Waals surface area (Å²) in [6.45, 7) is 2.04. The number of carbonyl (C=O) groups is 1. The first-order valence-corrected chi connectivity index (χ1v) is 3.52. The van der Waals surface area contributed by atoms with Crippen molar-refractivity contribution in [2.45, 2.75) is 32.0 Å². The van der Waals surface area contributed by atoms with Gasteiger partial charge < -0.3 is 0 Å². The minimum absolute atomic E-state index is 0.155. The molecule has 9 heavy (non-hydrogen) atoms. The Kier molecular flexibility index (Phi) is 1.94. The molecule has 0 saturated heterocycles. The molecule has 2 radical (unpaired) electrons. The van der Waals surface area contributed by atoms with E-state index in [-0.39, 0.29) is 11.7 Å². The van der Waals surface area contributed by atoms with Crippen molar-refractivity contribution >= 4 is 13.6 Å². The molecule has 0 aromatic rings. The topological polar surface area (TPSA) is 17.1 Å². The summed E-state index contributed by atoms with van der Waals surface area (Å²) in [5, 5.41) is 0. The highest BCUT2D eigenvalue weighted by Crippen LogP contribution is 2.31. The molecule has 0 spiro atoms. The van der Waals surface area contributed by atoms with Gasteiger partial charge in [-0.3, -0.25) is 4.79 Å². The maximum absolute atomic E-state index is 10.9. The Hall–Kier alpha value is -0.265. The molecule has 0 unspecified atom stereocenters.